The molecule has 22 heavy (non-hydrogen) atoms. The number of nitrogens with zero attached hydrogens (tertiary/aromatic N) is 1. The number of fused-ring (bicyclic) bond motifs is 1. The Balaban J connectivity index is 0.00000176. The van der Waals surface area contributed by atoms with Crippen LogP contribution >= 0.6 is 24.0 Å². The number of aromatic nitrogens is 1. The third-order valence-electron chi connectivity index (χ3n) is 3.89. The van der Waals surface area contributed by atoms with E-state index in [1.54, 1.807) is 0 Å². The molecule has 1 aromatic carbocycles. The van der Waals surface area contributed by atoms with Gasteiger partial charge in [-0.2, -0.15) is 0 Å². The SMILES string of the molecule is Cl.Clc1ccc2[nH]c(CNCCCN3CCOCC3)cc2c1. The van der Waals surface area contributed by atoms with Gasteiger partial charge in [0.25, 0.3) is 0 Å². The Bertz CT molecular complexity index is 582. The maximum atomic E-state index is 6.00. The van der Waals surface area contributed by atoms with Gasteiger partial charge in [-0.25, -0.2) is 0 Å². The van der Waals surface area contributed by atoms with Crippen molar-refractivity contribution in [3.8, 4) is 0 Å². The Morgan fingerprint density at radius 3 is 2.86 bits per heavy atom. The number of morpholine rings is 1. The van der Waals surface area contributed by atoms with Gasteiger partial charge in [-0.05, 0) is 43.8 Å². The third-order valence-corrected chi connectivity index (χ3v) is 4.12. The van der Waals surface area contributed by atoms with E-state index in [0.29, 0.717) is 0 Å². The lowest BCUT2D eigenvalue weighted by atomic mass is 10.2. The number of aromatic amines is 1. The van der Waals surface area contributed by atoms with Gasteiger partial charge in [0.05, 0.1) is 13.2 Å². The molecule has 0 amide bonds. The van der Waals surface area contributed by atoms with E-state index in [2.05, 4.69) is 21.3 Å². The number of benzene rings is 1. The molecule has 2 heterocycles. The number of H-pyrrole nitrogens is 1. The Morgan fingerprint density at radius 2 is 2.05 bits per heavy atom. The molecular weight excluding hydrogens is 321 g/mol. The molecular formula is C16H23Cl2N3O. The van der Waals surface area contributed by atoms with E-state index in [1.165, 1.54) is 17.5 Å². The lowest BCUT2D eigenvalue weighted by molar-refractivity contribution is 0.0374. The van der Waals surface area contributed by atoms with Crippen molar-refractivity contribution in [3.63, 3.8) is 0 Å². The fourth-order valence-corrected chi connectivity index (χ4v) is 2.91. The first-order valence-electron chi connectivity index (χ1n) is 7.59. The van der Waals surface area contributed by atoms with Crippen LogP contribution in [0.5, 0.6) is 0 Å². The second-order valence-corrected chi connectivity index (χ2v) is 5.95. The van der Waals surface area contributed by atoms with E-state index in [-0.39, 0.29) is 12.4 Å². The standard InChI is InChI=1S/C16H22ClN3O.ClH/c17-14-2-3-16-13(10-14)11-15(19-16)12-18-4-1-5-20-6-8-21-9-7-20;/h2-3,10-11,18-19H,1,4-9,12H2;1H. The first-order chi connectivity index (χ1) is 10.3. The highest BCUT2D eigenvalue weighted by atomic mass is 35.5. The summed E-state index contributed by atoms with van der Waals surface area (Å²) in [5, 5.41) is 5.45. The van der Waals surface area contributed by atoms with Crippen LogP contribution in [0.3, 0.4) is 0 Å². The van der Waals surface area contributed by atoms with Gasteiger partial charge in [0.1, 0.15) is 0 Å². The first-order valence-corrected chi connectivity index (χ1v) is 7.97. The minimum absolute atomic E-state index is 0. The minimum atomic E-state index is 0. The largest absolute Gasteiger partial charge is 0.379 e. The van der Waals surface area contributed by atoms with E-state index in [4.69, 9.17) is 16.3 Å². The number of nitrogens with one attached hydrogen (secondary N) is 2. The van der Waals surface area contributed by atoms with E-state index < -0.39 is 0 Å². The van der Waals surface area contributed by atoms with Crippen molar-refractivity contribution in [2.75, 3.05) is 39.4 Å². The predicted molar refractivity (Wildman–Crippen MR) is 94.1 cm³/mol. The minimum Gasteiger partial charge on any atom is -0.379 e. The van der Waals surface area contributed by atoms with E-state index >= 15 is 0 Å². The summed E-state index contributed by atoms with van der Waals surface area (Å²) in [7, 11) is 0. The Kier molecular flexibility index (Phi) is 6.99. The molecule has 1 fully saturated rings. The summed E-state index contributed by atoms with van der Waals surface area (Å²) in [5.41, 5.74) is 2.35. The summed E-state index contributed by atoms with van der Waals surface area (Å²) in [6.07, 6.45) is 1.17. The van der Waals surface area contributed by atoms with Crippen LogP contribution in [0.4, 0.5) is 0 Å². The van der Waals surface area contributed by atoms with Crippen molar-refractivity contribution in [2.45, 2.75) is 13.0 Å². The summed E-state index contributed by atoms with van der Waals surface area (Å²) < 4.78 is 5.35. The van der Waals surface area contributed by atoms with Crippen LogP contribution in [-0.2, 0) is 11.3 Å². The van der Waals surface area contributed by atoms with E-state index in [0.717, 1.165) is 56.5 Å². The summed E-state index contributed by atoms with van der Waals surface area (Å²) in [4.78, 5) is 5.88. The Hall–Kier alpha value is -0.780. The molecule has 2 aromatic rings. The van der Waals surface area contributed by atoms with Crippen LogP contribution in [0.1, 0.15) is 12.1 Å². The zero-order valence-corrected chi connectivity index (χ0v) is 14.2. The number of rotatable bonds is 6. The molecule has 1 aliphatic rings. The average molecular weight is 344 g/mol. The highest BCUT2D eigenvalue weighted by Gasteiger charge is 2.09. The summed E-state index contributed by atoms with van der Waals surface area (Å²) in [5.74, 6) is 0. The van der Waals surface area contributed by atoms with E-state index in [9.17, 15) is 0 Å². The Morgan fingerprint density at radius 1 is 1.23 bits per heavy atom. The molecule has 0 bridgehead atoms. The van der Waals surface area contributed by atoms with Crippen LogP contribution in [0.2, 0.25) is 5.02 Å². The normalized spacial score (nSPS) is 15.9. The zero-order chi connectivity index (χ0) is 14.5. The number of hydrogen-bond donors (Lipinski definition) is 2. The molecule has 122 valence electrons. The highest BCUT2D eigenvalue weighted by Crippen LogP contribution is 2.19. The molecule has 3 rings (SSSR count). The molecule has 0 aliphatic carbocycles. The molecule has 1 saturated heterocycles. The molecule has 0 unspecified atom stereocenters. The first kappa shape index (κ1) is 17.6. The smallest absolute Gasteiger partial charge is 0.0594 e. The molecule has 0 spiro atoms. The van der Waals surface area contributed by atoms with Crippen LogP contribution in [0.25, 0.3) is 10.9 Å². The Labute approximate surface area is 142 Å². The number of halogens is 2. The van der Waals surface area contributed by atoms with Crippen molar-refractivity contribution in [1.82, 2.24) is 15.2 Å². The third kappa shape index (κ3) is 4.86. The summed E-state index contributed by atoms with van der Waals surface area (Å²) in [6.45, 7) is 6.96. The maximum Gasteiger partial charge on any atom is 0.0594 e. The second kappa shape index (κ2) is 8.75. The quantitative estimate of drug-likeness (QED) is 0.792. The van der Waals surface area contributed by atoms with Crippen LogP contribution in [0.15, 0.2) is 24.3 Å². The molecule has 2 N–H and O–H groups in total. The van der Waals surface area contributed by atoms with Crippen molar-refractivity contribution >= 4 is 34.9 Å². The molecule has 1 aliphatic heterocycles. The highest BCUT2D eigenvalue weighted by molar-refractivity contribution is 6.31. The van der Waals surface area contributed by atoms with Crippen molar-refractivity contribution in [2.24, 2.45) is 0 Å². The van der Waals surface area contributed by atoms with Gasteiger partial charge in [0.2, 0.25) is 0 Å². The fourth-order valence-electron chi connectivity index (χ4n) is 2.73. The van der Waals surface area contributed by atoms with Gasteiger partial charge >= 0.3 is 0 Å². The summed E-state index contributed by atoms with van der Waals surface area (Å²) in [6, 6.07) is 8.10. The fraction of sp³-hybridized carbons (Fsp3) is 0.500. The molecule has 0 radical (unpaired) electrons. The van der Waals surface area contributed by atoms with Gasteiger partial charge in [-0.1, -0.05) is 11.6 Å². The van der Waals surface area contributed by atoms with Gasteiger partial charge in [-0.15, -0.1) is 12.4 Å². The maximum absolute atomic E-state index is 6.00. The zero-order valence-electron chi connectivity index (χ0n) is 12.6. The van der Waals surface area contributed by atoms with Crippen molar-refractivity contribution in [3.05, 3.63) is 35.0 Å². The van der Waals surface area contributed by atoms with Crippen molar-refractivity contribution in [1.29, 1.82) is 0 Å². The second-order valence-electron chi connectivity index (χ2n) is 5.51. The monoisotopic (exact) mass is 343 g/mol. The molecule has 0 atom stereocenters. The summed E-state index contributed by atoms with van der Waals surface area (Å²) >= 11 is 6.00. The van der Waals surface area contributed by atoms with Crippen LogP contribution < -0.4 is 5.32 Å². The number of ether oxygens (including phenoxy) is 1. The van der Waals surface area contributed by atoms with Crippen LogP contribution in [-0.4, -0.2) is 49.3 Å². The molecule has 6 heteroatoms. The van der Waals surface area contributed by atoms with Gasteiger partial charge in [0.15, 0.2) is 0 Å². The lowest BCUT2D eigenvalue weighted by Gasteiger charge is -2.26. The van der Waals surface area contributed by atoms with Gasteiger partial charge < -0.3 is 15.0 Å². The lowest BCUT2D eigenvalue weighted by Crippen LogP contribution is -2.37. The van der Waals surface area contributed by atoms with Crippen molar-refractivity contribution < 1.29 is 4.74 Å². The molecule has 0 saturated carbocycles. The predicted octanol–water partition coefficient (Wildman–Crippen LogP) is 3.06. The van der Waals surface area contributed by atoms with Gasteiger partial charge in [0, 0.05) is 41.3 Å². The number of hydrogen-bond acceptors (Lipinski definition) is 3. The van der Waals surface area contributed by atoms with Crippen LogP contribution in [0, 0.1) is 0 Å². The topological polar surface area (TPSA) is 40.3 Å². The average Bonchev–Trinajstić information content (AvgIpc) is 2.90. The molecule has 1 aromatic heterocycles. The molecule has 4 nitrogen and oxygen atoms in total. The van der Waals surface area contributed by atoms with E-state index in [1.807, 2.05) is 18.2 Å². The van der Waals surface area contributed by atoms with Gasteiger partial charge in [-0.3, -0.25) is 4.90 Å².